The molecule has 0 amide bonds. The molecule has 0 atom stereocenters. The second-order valence-electron chi connectivity index (χ2n) is 4.28. The van der Waals surface area contributed by atoms with E-state index in [2.05, 4.69) is 55.5 Å². The Morgan fingerprint density at radius 2 is 1.32 bits per heavy atom. The number of halogens is 1. The molecule has 0 aliphatic heterocycles. The summed E-state index contributed by atoms with van der Waals surface area (Å²) in [7, 11) is 1.76. The molecule has 0 spiro atoms. The Morgan fingerprint density at radius 3 is 1.82 bits per heavy atom. The minimum absolute atomic E-state index is 0.612. The van der Waals surface area contributed by atoms with Crippen molar-refractivity contribution in [2.45, 2.75) is 55.4 Å². The summed E-state index contributed by atoms with van der Waals surface area (Å²) in [5.74, 6) is 0.612. The minimum atomic E-state index is 0.612. The van der Waals surface area contributed by atoms with Crippen LogP contribution in [0.25, 0.3) is 11.4 Å². The SMILES string of the molecule is CC.CC.CC.CC.Cn1nnc(-c2ccccc2Nc2ccc(I)cc2)n1. The molecule has 28 heavy (non-hydrogen) atoms. The number of para-hydroxylation sites is 1. The number of aryl methyl sites for hydroxylation is 1. The third kappa shape index (κ3) is 9.82. The van der Waals surface area contributed by atoms with Crippen molar-refractivity contribution in [2.75, 3.05) is 5.32 Å². The van der Waals surface area contributed by atoms with Gasteiger partial charge in [0.1, 0.15) is 0 Å². The van der Waals surface area contributed by atoms with Crippen LogP contribution >= 0.6 is 22.6 Å². The number of nitrogens with zero attached hydrogens (tertiary/aromatic N) is 4. The molecule has 1 aromatic heterocycles. The summed E-state index contributed by atoms with van der Waals surface area (Å²) in [5, 5.41) is 15.6. The summed E-state index contributed by atoms with van der Waals surface area (Å²) in [5.41, 5.74) is 2.92. The van der Waals surface area contributed by atoms with Gasteiger partial charge in [0.15, 0.2) is 0 Å². The van der Waals surface area contributed by atoms with Gasteiger partial charge < -0.3 is 5.32 Å². The van der Waals surface area contributed by atoms with E-state index < -0.39 is 0 Å². The summed E-state index contributed by atoms with van der Waals surface area (Å²) in [6.45, 7) is 16.0. The highest BCUT2D eigenvalue weighted by molar-refractivity contribution is 14.1. The summed E-state index contributed by atoms with van der Waals surface area (Å²) in [6, 6.07) is 16.1. The number of nitrogens with one attached hydrogen (secondary N) is 1. The number of benzene rings is 2. The molecule has 1 N–H and O–H groups in total. The highest BCUT2D eigenvalue weighted by atomic mass is 127. The topological polar surface area (TPSA) is 55.6 Å². The van der Waals surface area contributed by atoms with Crippen molar-refractivity contribution in [1.29, 1.82) is 0 Å². The molecule has 2 aromatic carbocycles. The predicted molar refractivity (Wildman–Crippen MR) is 132 cm³/mol. The van der Waals surface area contributed by atoms with Crippen molar-refractivity contribution in [1.82, 2.24) is 20.2 Å². The zero-order valence-corrected chi connectivity index (χ0v) is 20.9. The first-order valence-corrected chi connectivity index (χ1v) is 11.2. The van der Waals surface area contributed by atoms with E-state index in [0.717, 1.165) is 16.9 Å². The third-order valence-electron chi connectivity index (χ3n) is 2.80. The van der Waals surface area contributed by atoms with Gasteiger partial charge in [-0.15, -0.1) is 10.2 Å². The van der Waals surface area contributed by atoms with E-state index in [-0.39, 0.29) is 0 Å². The molecule has 0 bridgehead atoms. The molecule has 3 aromatic rings. The van der Waals surface area contributed by atoms with E-state index in [1.54, 1.807) is 7.05 Å². The zero-order valence-electron chi connectivity index (χ0n) is 18.8. The molecule has 0 fully saturated rings. The Labute approximate surface area is 185 Å². The first-order valence-electron chi connectivity index (χ1n) is 10.1. The Kier molecular flexibility index (Phi) is 18.6. The van der Waals surface area contributed by atoms with E-state index >= 15 is 0 Å². The molecular formula is C22H36IN5. The Morgan fingerprint density at radius 1 is 0.786 bits per heavy atom. The number of rotatable bonds is 3. The fourth-order valence-electron chi connectivity index (χ4n) is 1.87. The van der Waals surface area contributed by atoms with Crippen LogP contribution in [0, 0.1) is 3.57 Å². The number of hydrogen-bond acceptors (Lipinski definition) is 4. The first-order chi connectivity index (χ1) is 13.7. The van der Waals surface area contributed by atoms with Crippen LogP contribution in [0.5, 0.6) is 0 Å². The van der Waals surface area contributed by atoms with Crippen LogP contribution in [0.1, 0.15) is 55.4 Å². The molecule has 156 valence electrons. The second-order valence-corrected chi connectivity index (χ2v) is 5.53. The molecular weight excluding hydrogens is 461 g/mol. The largest absolute Gasteiger partial charge is 0.355 e. The quantitative estimate of drug-likeness (QED) is 0.385. The van der Waals surface area contributed by atoms with E-state index in [9.17, 15) is 0 Å². The average Bonchev–Trinajstić information content (AvgIpc) is 3.22. The zero-order chi connectivity index (χ0) is 21.9. The summed E-state index contributed by atoms with van der Waals surface area (Å²) >= 11 is 2.29. The van der Waals surface area contributed by atoms with Crippen molar-refractivity contribution >= 4 is 34.0 Å². The molecule has 0 aliphatic carbocycles. The Balaban J connectivity index is 0. The number of aromatic nitrogens is 4. The molecule has 0 saturated heterocycles. The number of tetrazole rings is 1. The van der Waals surface area contributed by atoms with Crippen molar-refractivity contribution in [2.24, 2.45) is 7.05 Å². The smallest absolute Gasteiger partial charge is 0.206 e. The standard InChI is InChI=1S/C14H12IN5.4C2H6/c1-20-18-14(17-19-20)12-4-2-3-5-13(12)16-11-8-6-10(15)7-9-11;4*1-2/h2-9,16H,1H3;4*1-2H3. The van der Waals surface area contributed by atoms with Gasteiger partial charge in [-0.1, -0.05) is 67.5 Å². The van der Waals surface area contributed by atoms with Gasteiger partial charge in [0.2, 0.25) is 5.82 Å². The van der Waals surface area contributed by atoms with Crippen molar-refractivity contribution in [3.8, 4) is 11.4 Å². The molecule has 6 heteroatoms. The van der Waals surface area contributed by atoms with Gasteiger partial charge in [-0.2, -0.15) is 4.80 Å². The van der Waals surface area contributed by atoms with Gasteiger partial charge in [0.25, 0.3) is 0 Å². The minimum Gasteiger partial charge on any atom is -0.355 e. The average molecular weight is 497 g/mol. The lowest BCUT2D eigenvalue weighted by Crippen LogP contribution is -1.95. The second kappa shape index (κ2) is 18.4. The van der Waals surface area contributed by atoms with Gasteiger partial charge in [-0.3, -0.25) is 0 Å². The van der Waals surface area contributed by atoms with Crippen molar-refractivity contribution < 1.29 is 0 Å². The molecule has 3 rings (SSSR count). The van der Waals surface area contributed by atoms with E-state index in [1.165, 1.54) is 8.37 Å². The number of anilines is 2. The maximum absolute atomic E-state index is 4.25. The van der Waals surface area contributed by atoms with Crippen LogP contribution in [0.2, 0.25) is 0 Å². The molecule has 5 nitrogen and oxygen atoms in total. The van der Waals surface area contributed by atoms with Crippen LogP contribution < -0.4 is 5.32 Å². The molecule has 1 heterocycles. The lowest BCUT2D eigenvalue weighted by molar-refractivity contribution is 0.630. The van der Waals surface area contributed by atoms with Crippen LogP contribution in [0.3, 0.4) is 0 Å². The van der Waals surface area contributed by atoms with E-state index in [1.807, 2.05) is 91.8 Å². The van der Waals surface area contributed by atoms with Gasteiger partial charge in [0.05, 0.1) is 7.05 Å². The maximum Gasteiger partial charge on any atom is 0.206 e. The van der Waals surface area contributed by atoms with Crippen LogP contribution in [0.15, 0.2) is 48.5 Å². The Bertz CT molecular complexity index is 724. The summed E-state index contributed by atoms with van der Waals surface area (Å²) in [4.78, 5) is 1.46. The molecule has 0 saturated carbocycles. The van der Waals surface area contributed by atoms with Crippen molar-refractivity contribution in [3.63, 3.8) is 0 Å². The molecule has 0 unspecified atom stereocenters. The highest BCUT2D eigenvalue weighted by Crippen LogP contribution is 2.27. The van der Waals surface area contributed by atoms with Gasteiger partial charge >= 0.3 is 0 Å². The van der Waals surface area contributed by atoms with E-state index in [0.29, 0.717) is 5.82 Å². The van der Waals surface area contributed by atoms with Gasteiger partial charge in [-0.25, -0.2) is 0 Å². The fraction of sp³-hybridized carbons (Fsp3) is 0.409. The lowest BCUT2D eigenvalue weighted by atomic mass is 10.1. The molecule has 0 radical (unpaired) electrons. The van der Waals surface area contributed by atoms with Crippen LogP contribution in [0.4, 0.5) is 11.4 Å². The fourth-order valence-corrected chi connectivity index (χ4v) is 2.23. The first kappa shape index (κ1) is 28.3. The Hall–Kier alpha value is -1.96. The van der Waals surface area contributed by atoms with Crippen LogP contribution in [-0.2, 0) is 7.05 Å². The summed E-state index contributed by atoms with van der Waals surface area (Å²) < 4.78 is 1.21. The normalized spacial score (nSPS) is 8.36. The van der Waals surface area contributed by atoms with Crippen LogP contribution in [-0.4, -0.2) is 20.2 Å². The molecule has 0 aliphatic rings. The summed E-state index contributed by atoms with van der Waals surface area (Å²) in [6.07, 6.45) is 0. The predicted octanol–water partition coefficient (Wildman–Crippen LogP) is 7.33. The highest BCUT2D eigenvalue weighted by Gasteiger charge is 2.09. The lowest BCUT2D eigenvalue weighted by Gasteiger charge is -2.09. The van der Waals surface area contributed by atoms with E-state index in [4.69, 9.17) is 0 Å². The van der Waals surface area contributed by atoms with Gasteiger partial charge in [0, 0.05) is 20.5 Å². The van der Waals surface area contributed by atoms with Crippen molar-refractivity contribution in [3.05, 3.63) is 52.1 Å². The monoisotopic (exact) mass is 497 g/mol. The maximum atomic E-state index is 4.25. The third-order valence-corrected chi connectivity index (χ3v) is 3.52. The number of hydrogen-bond donors (Lipinski definition) is 1. The van der Waals surface area contributed by atoms with Gasteiger partial charge in [-0.05, 0) is 64.2 Å².